The average molecular weight is 736 g/mol. The second-order valence-electron chi connectivity index (χ2n) is 8.28. The Hall–Kier alpha value is -1.30. The number of aliphatic carboxylic acids is 2. The van der Waals surface area contributed by atoms with Crippen molar-refractivity contribution < 1.29 is 52.3 Å². The van der Waals surface area contributed by atoms with E-state index in [0.29, 0.717) is 0 Å². The Kier molecular flexibility index (Phi) is 21.6. The van der Waals surface area contributed by atoms with Crippen molar-refractivity contribution in [2.45, 2.75) is 18.8 Å². The number of aliphatic hydroxyl groups excluding tert-OH is 2. The van der Waals surface area contributed by atoms with Crippen LogP contribution in [0.5, 0.6) is 0 Å². The molecule has 1 amide bonds. The zero-order valence-electron chi connectivity index (χ0n) is 22.8. The normalized spacial score (nSPS) is 13.2. The third kappa shape index (κ3) is 16.5. The zero-order chi connectivity index (χ0) is 33.1. The molecule has 0 saturated carbocycles. The SMILES string of the molecule is O=C(CS(=O)(=O)CCOP(=O)(N(CCCl)CCCl)N(CCCl)CCCl)NCc1cccnc1.O=C(O)C(O)C(O)C(=O)O. The molecule has 21 heteroatoms. The first-order valence-corrected chi connectivity index (χ1v) is 17.8. The summed E-state index contributed by atoms with van der Waals surface area (Å²) in [6.45, 7) is 0.585. The number of alkyl halides is 4. The highest BCUT2D eigenvalue weighted by Crippen LogP contribution is 2.54. The highest BCUT2D eigenvalue weighted by Gasteiger charge is 2.38. The van der Waals surface area contributed by atoms with E-state index in [4.69, 9.17) is 71.4 Å². The van der Waals surface area contributed by atoms with Crippen molar-refractivity contribution in [1.29, 1.82) is 0 Å². The van der Waals surface area contributed by atoms with Crippen molar-refractivity contribution >= 4 is 81.8 Å². The number of halogens is 4. The molecule has 248 valence electrons. The summed E-state index contributed by atoms with van der Waals surface area (Å²) in [4.78, 5) is 35.5. The summed E-state index contributed by atoms with van der Waals surface area (Å²) in [5, 5.41) is 35.1. The van der Waals surface area contributed by atoms with E-state index in [9.17, 15) is 27.4 Å². The van der Waals surface area contributed by atoms with Gasteiger partial charge in [-0.2, -0.15) is 0 Å². The van der Waals surface area contributed by atoms with Gasteiger partial charge >= 0.3 is 19.6 Å². The van der Waals surface area contributed by atoms with Crippen LogP contribution in [0.15, 0.2) is 24.5 Å². The number of aliphatic hydroxyl groups is 2. The Balaban J connectivity index is 0.00000150. The summed E-state index contributed by atoms with van der Waals surface area (Å²) in [6.07, 6.45) is -1.37. The number of nitrogens with zero attached hydrogens (tertiary/aromatic N) is 3. The minimum absolute atomic E-state index is 0.158. The summed E-state index contributed by atoms with van der Waals surface area (Å²) < 4.78 is 47.3. The lowest BCUT2D eigenvalue weighted by Crippen LogP contribution is -2.39. The Bertz CT molecular complexity index is 1090. The van der Waals surface area contributed by atoms with Gasteiger partial charge in [-0.1, -0.05) is 6.07 Å². The van der Waals surface area contributed by atoms with Crippen molar-refractivity contribution in [3.05, 3.63) is 30.1 Å². The lowest BCUT2D eigenvalue weighted by Gasteiger charge is -2.37. The number of carbonyl (C=O) groups is 3. The van der Waals surface area contributed by atoms with Crippen molar-refractivity contribution in [2.24, 2.45) is 0 Å². The van der Waals surface area contributed by atoms with E-state index in [2.05, 4.69) is 10.3 Å². The summed E-state index contributed by atoms with van der Waals surface area (Å²) in [5.41, 5.74) is 0.741. The van der Waals surface area contributed by atoms with Crippen molar-refractivity contribution in [2.75, 3.05) is 67.8 Å². The van der Waals surface area contributed by atoms with Gasteiger partial charge in [-0.15, -0.1) is 46.4 Å². The molecular formula is C22H35Cl4N4O11PS. The molecule has 0 spiro atoms. The van der Waals surface area contributed by atoms with E-state index in [0.717, 1.165) is 5.56 Å². The molecule has 0 saturated heterocycles. The fourth-order valence-electron chi connectivity index (χ4n) is 3.04. The van der Waals surface area contributed by atoms with Crippen molar-refractivity contribution in [3.63, 3.8) is 0 Å². The molecule has 0 aliphatic heterocycles. The second kappa shape index (κ2) is 22.2. The van der Waals surface area contributed by atoms with E-state index < -0.39 is 65.7 Å². The van der Waals surface area contributed by atoms with Gasteiger partial charge < -0.3 is 30.3 Å². The van der Waals surface area contributed by atoms with E-state index in [-0.39, 0.29) is 56.2 Å². The smallest absolute Gasteiger partial charge is 0.346 e. The summed E-state index contributed by atoms with van der Waals surface area (Å²) in [5.74, 6) is -4.76. The Morgan fingerprint density at radius 1 is 0.930 bits per heavy atom. The highest BCUT2D eigenvalue weighted by atomic mass is 35.5. The van der Waals surface area contributed by atoms with Crippen LogP contribution in [0.25, 0.3) is 0 Å². The van der Waals surface area contributed by atoms with Crippen LogP contribution in [0.2, 0.25) is 0 Å². The van der Waals surface area contributed by atoms with Crippen LogP contribution in [0.4, 0.5) is 0 Å². The Labute approximate surface area is 269 Å². The minimum Gasteiger partial charge on any atom is -0.479 e. The number of carbonyl (C=O) groups excluding carboxylic acids is 1. The number of carboxylic acid groups (broad SMARTS) is 2. The number of pyridine rings is 1. The first-order valence-electron chi connectivity index (χ1n) is 12.4. The lowest BCUT2D eigenvalue weighted by molar-refractivity contribution is -0.165. The molecule has 0 aromatic carbocycles. The molecule has 1 aromatic heterocycles. The molecule has 0 bridgehead atoms. The molecule has 1 aromatic rings. The molecule has 0 aliphatic rings. The predicted molar refractivity (Wildman–Crippen MR) is 162 cm³/mol. The fourth-order valence-corrected chi connectivity index (χ4v) is 7.86. The Morgan fingerprint density at radius 2 is 1.40 bits per heavy atom. The number of amides is 1. The topological polar surface area (TPSA) is 224 Å². The number of carboxylic acids is 2. The van der Waals surface area contributed by atoms with Gasteiger partial charge in [0.15, 0.2) is 22.0 Å². The quantitative estimate of drug-likeness (QED) is 0.0865. The van der Waals surface area contributed by atoms with Gasteiger partial charge in [-0.05, 0) is 11.6 Å². The van der Waals surface area contributed by atoms with Gasteiger partial charge in [-0.25, -0.2) is 27.3 Å². The first kappa shape index (κ1) is 41.7. The van der Waals surface area contributed by atoms with Crippen LogP contribution in [-0.4, -0.2) is 141 Å². The van der Waals surface area contributed by atoms with Gasteiger partial charge in [0.25, 0.3) is 0 Å². The monoisotopic (exact) mass is 734 g/mol. The van der Waals surface area contributed by atoms with Crippen molar-refractivity contribution in [1.82, 2.24) is 19.6 Å². The van der Waals surface area contributed by atoms with Crippen LogP contribution in [-0.2, 0) is 39.9 Å². The van der Waals surface area contributed by atoms with E-state index in [1.807, 2.05) is 0 Å². The van der Waals surface area contributed by atoms with Crippen LogP contribution in [0.3, 0.4) is 0 Å². The molecule has 15 nitrogen and oxygen atoms in total. The van der Waals surface area contributed by atoms with E-state index in [1.165, 1.54) is 9.34 Å². The minimum atomic E-state index is -3.82. The van der Waals surface area contributed by atoms with Crippen LogP contribution in [0.1, 0.15) is 5.56 Å². The molecule has 0 fully saturated rings. The third-order valence-electron chi connectivity index (χ3n) is 5.11. The van der Waals surface area contributed by atoms with Gasteiger partial charge in [-0.3, -0.25) is 14.3 Å². The zero-order valence-corrected chi connectivity index (χ0v) is 27.5. The van der Waals surface area contributed by atoms with Gasteiger partial charge in [0, 0.05) is 68.6 Å². The predicted octanol–water partition coefficient (Wildman–Crippen LogP) is 0.674. The number of hydrogen-bond acceptors (Lipinski definition) is 10. The number of hydrogen-bond donors (Lipinski definition) is 5. The summed E-state index contributed by atoms with van der Waals surface area (Å²) in [6, 6.07) is 3.47. The molecule has 1 rings (SSSR count). The average Bonchev–Trinajstić information content (AvgIpc) is 2.95. The van der Waals surface area contributed by atoms with E-state index in [1.54, 1.807) is 24.5 Å². The largest absolute Gasteiger partial charge is 0.479 e. The van der Waals surface area contributed by atoms with Crippen molar-refractivity contribution in [3.8, 4) is 0 Å². The van der Waals surface area contributed by atoms with Gasteiger partial charge in [0.05, 0.1) is 12.4 Å². The molecular weight excluding hydrogens is 701 g/mol. The number of sulfone groups is 1. The maximum atomic E-state index is 13.9. The standard InChI is InChI=1S/C18H29Cl4N4O5PS.C4H6O6/c19-3-8-25(9-4-20)32(28,26(10-5-21)11-6-22)31-12-13-33(29,30)16-18(27)24-15-17-2-1-7-23-14-17;5-1(3(7)8)2(6)4(9)10/h1-2,7,14H,3-6,8-13,15-16H2,(H,24,27);1-2,5-6H,(H,7,8)(H,9,10). The first-order chi connectivity index (χ1) is 20.2. The van der Waals surface area contributed by atoms with Gasteiger partial charge in [0.2, 0.25) is 5.91 Å². The van der Waals surface area contributed by atoms with E-state index >= 15 is 0 Å². The molecule has 2 unspecified atom stereocenters. The molecule has 5 N–H and O–H groups in total. The number of aromatic nitrogens is 1. The molecule has 0 aliphatic carbocycles. The van der Waals surface area contributed by atoms with Crippen LogP contribution >= 0.6 is 54.1 Å². The molecule has 2 atom stereocenters. The molecule has 43 heavy (non-hydrogen) atoms. The summed E-state index contributed by atoms with van der Waals surface area (Å²) >= 11 is 23.4. The maximum absolute atomic E-state index is 13.9. The number of rotatable bonds is 21. The Morgan fingerprint density at radius 3 is 1.77 bits per heavy atom. The summed E-state index contributed by atoms with van der Waals surface area (Å²) in [7, 11) is -7.55. The molecule has 0 radical (unpaired) electrons. The van der Waals surface area contributed by atoms with Crippen LogP contribution in [0, 0.1) is 0 Å². The fraction of sp³-hybridized carbons (Fsp3) is 0.636. The molecule has 1 heterocycles. The van der Waals surface area contributed by atoms with Crippen LogP contribution < -0.4 is 5.32 Å². The lowest BCUT2D eigenvalue weighted by atomic mass is 10.2. The highest BCUT2D eigenvalue weighted by molar-refractivity contribution is 7.92. The number of nitrogens with one attached hydrogen (secondary N) is 1. The van der Waals surface area contributed by atoms with Gasteiger partial charge in [0.1, 0.15) is 5.75 Å². The maximum Gasteiger partial charge on any atom is 0.346 e. The third-order valence-corrected chi connectivity index (χ3v) is 10.0. The second-order valence-corrected chi connectivity index (χ2v) is 14.3.